The van der Waals surface area contributed by atoms with Crippen molar-refractivity contribution >= 4 is 22.7 Å². The summed E-state index contributed by atoms with van der Waals surface area (Å²) in [5, 5.41) is 3.49. The zero-order valence-electron chi connectivity index (χ0n) is 11.0. The summed E-state index contributed by atoms with van der Waals surface area (Å²) in [4.78, 5) is 9.03. The van der Waals surface area contributed by atoms with Crippen LogP contribution in [0.1, 0.15) is 18.1 Å². The van der Waals surface area contributed by atoms with Crippen LogP contribution in [0.25, 0.3) is 0 Å². The Kier molecular flexibility index (Phi) is 3.28. The largest absolute Gasteiger partial charge is 0.332 e. The lowest BCUT2D eigenvalue weighted by molar-refractivity contribution is 0.458. The molecule has 0 spiro atoms. The Bertz CT molecular complexity index is 665. The van der Waals surface area contributed by atoms with Crippen LogP contribution in [0.15, 0.2) is 70.6 Å². The van der Waals surface area contributed by atoms with E-state index in [9.17, 15) is 0 Å². The molecule has 1 aliphatic heterocycles. The van der Waals surface area contributed by atoms with E-state index in [0.29, 0.717) is 11.1 Å². The molecule has 1 aliphatic rings. The predicted octanol–water partition coefficient (Wildman–Crippen LogP) is 3.50. The fraction of sp³-hybridized carbons (Fsp3) is 0.125. The third-order valence-electron chi connectivity index (χ3n) is 3.25. The molecule has 100 valence electrons. The van der Waals surface area contributed by atoms with Gasteiger partial charge in [-0.25, -0.2) is 9.98 Å². The Morgan fingerprint density at radius 3 is 2.20 bits per heavy atom. The average Bonchev–Trinajstić information content (AvgIpc) is 2.48. The standard InChI is InChI=1S/C16H14ClN3/c1-16(13-10-6-3-7-11-13)19-14(18-15(17)20-16)12-8-4-2-5-9-12/h2-11H,1H3,(H,18,19,20). The fourth-order valence-corrected chi connectivity index (χ4v) is 2.47. The van der Waals surface area contributed by atoms with Crippen LogP contribution < -0.4 is 5.32 Å². The molecular weight excluding hydrogens is 270 g/mol. The lowest BCUT2D eigenvalue weighted by Gasteiger charge is -2.30. The number of nitrogens with zero attached hydrogens (tertiary/aromatic N) is 2. The monoisotopic (exact) mass is 283 g/mol. The maximum Gasteiger partial charge on any atom is 0.200 e. The molecular formula is C16H14ClN3. The maximum absolute atomic E-state index is 6.15. The first-order valence-corrected chi connectivity index (χ1v) is 6.78. The van der Waals surface area contributed by atoms with Gasteiger partial charge in [0.15, 0.2) is 16.8 Å². The van der Waals surface area contributed by atoms with Gasteiger partial charge < -0.3 is 5.32 Å². The quantitative estimate of drug-likeness (QED) is 0.842. The van der Waals surface area contributed by atoms with Gasteiger partial charge in [-0.15, -0.1) is 0 Å². The van der Waals surface area contributed by atoms with Gasteiger partial charge >= 0.3 is 0 Å². The third kappa shape index (κ3) is 2.45. The number of rotatable bonds is 2. The SMILES string of the molecule is CC1(c2ccccc2)N=C(c2ccccc2)N=C(Cl)N1. The molecule has 3 nitrogen and oxygen atoms in total. The van der Waals surface area contributed by atoms with Crippen LogP contribution in [0, 0.1) is 0 Å². The summed E-state index contributed by atoms with van der Waals surface area (Å²) < 4.78 is 0. The summed E-state index contributed by atoms with van der Waals surface area (Å²) in [6, 6.07) is 19.8. The van der Waals surface area contributed by atoms with Crippen molar-refractivity contribution in [3.63, 3.8) is 0 Å². The molecule has 0 fully saturated rings. The van der Waals surface area contributed by atoms with E-state index in [4.69, 9.17) is 16.6 Å². The second kappa shape index (κ2) is 5.10. The Labute approximate surface area is 123 Å². The van der Waals surface area contributed by atoms with Crippen LogP contribution in [0.4, 0.5) is 0 Å². The molecule has 0 saturated carbocycles. The molecule has 2 aromatic rings. The van der Waals surface area contributed by atoms with E-state index in [1.165, 1.54) is 0 Å². The minimum atomic E-state index is -0.606. The van der Waals surface area contributed by atoms with Gasteiger partial charge in [-0.05, 0) is 24.1 Å². The Balaban J connectivity index is 2.07. The smallest absolute Gasteiger partial charge is 0.200 e. The molecule has 4 heteroatoms. The lowest BCUT2D eigenvalue weighted by atomic mass is 10.0. The number of hydrogen-bond acceptors (Lipinski definition) is 3. The van der Waals surface area contributed by atoms with E-state index in [-0.39, 0.29) is 0 Å². The van der Waals surface area contributed by atoms with Gasteiger partial charge in [0.1, 0.15) is 0 Å². The Morgan fingerprint density at radius 1 is 0.950 bits per heavy atom. The van der Waals surface area contributed by atoms with Gasteiger partial charge in [-0.3, -0.25) is 0 Å². The third-order valence-corrected chi connectivity index (χ3v) is 3.43. The van der Waals surface area contributed by atoms with Crippen LogP contribution in [0.3, 0.4) is 0 Å². The van der Waals surface area contributed by atoms with Gasteiger partial charge in [0.05, 0.1) is 0 Å². The van der Waals surface area contributed by atoms with E-state index >= 15 is 0 Å². The summed E-state index contributed by atoms with van der Waals surface area (Å²) in [6.45, 7) is 1.99. The summed E-state index contributed by atoms with van der Waals surface area (Å²) in [5.74, 6) is 0.640. The Hall–Kier alpha value is -2.13. The zero-order valence-corrected chi connectivity index (χ0v) is 11.8. The number of halogens is 1. The van der Waals surface area contributed by atoms with E-state index in [2.05, 4.69) is 10.3 Å². The highest BCUT2D eigenvalue weighted by Gasteiger charge is 2.30. The minimum absolute atomic E-state index is 0.352. The van der Waals surface area contributed by atoms with E-state index in [1.54, 1.807) is 0 Å². The molecule has 0 aliphatic carbocycles. The highest BCUT2D eigenvalue weighted by atomic mass is 35.5. The first-order chi connectivity index (χ1) is 9.67. The fourth-order valence-electron chi connectivity index (χ4n) is 2.20. The molecule has 20 heavy (non-hydrogen) atoms. The lowest BCUT2D eigenvalue weighted by Crippen LogP contribution is -2.43. The first-order valence-electron chi connectivity index (χ1n) is 6.40. The molecule has 1 unspecified atom stereocenters. The van der Waals surface area contributed by atoms with Gasteiger partial charge in [-0.1, -0.05) is 60.7 Å². The zero-order chi connectivity index (χ0) is 14.0. The maximum atomic E-state index is 6.15. The topological polar surface area (TPSA) is 36.8 Å². The van der Waals surface area contributed by atoms with E-state index < -0.39 is 5.66 Å². The highest BCUT2D eigenvalue weighted by Crippen LogP contribution is 2.26. The number of amidine groups is 2. The molecule has 0 saturated heterocycles. The van der Waals surface area contributed by atoms with Crippen molar-refractivity contribution in [2.75, 3.05) is 0 Å². The summed E-state index contributed by atoms with van der Waals surface area (Å²) in [6.07, 6.45) is 0. The number of nitrogens with one attached hydrogen (secondary N) is 1. The molecule has 0 aromatic heterocycles. The average molecular weight is 284 g/mol. The van der Waals surface area contributed by atoms with Gasteiger partial charge in [-0.2, -0.15) is 0 Å². The number of aliphatic imine (C=N–C) groups is 2. The second-order valence-electron chi connectivity index (χ2n) is 4.77. The molecule has 0 amide bonds. The predicted molar refractivity (Wildman–Crippen MR) is 83.2 cm³/mol. The second-order valence-corrected chi connectivity index (χ2v) is 5.13. The minimum Gasteiger partial charge on any atom is -0.332 e. The van der Waals surface area contributed by atoms with E-state index in [1.807, 2.05) is 67.6 Å². The van der Waals surface area contributed by atoms with Crippen molar-refractivity contribution in [1.82, 2.24) is 5.32 Å². The summed E-state index contributed by atoms with van der Waals surface area (Å²) >= 11 is 6.15. The van der Waals surface area contributed by atoms with Crippen molar-refractivity contribution < 1.29 is 0 Å². The van der Waals surface area contributed by atoms with Gasteiger partial charge in [0.25, 0.3) is 0 Å². The van der Waals surface area contributed by atoms with Crippen LogP contribution in [0.2, 0.25) is 0 Å². The van der Waals surface area contributed by atoms with E-state index in [0.717, 1.165) is 11.1 Å². The van der Waals surface area contributed by atoms with Crippen molar-refractivity contribution in [1.29, 1.82) is 0 Å². The summed E-state index contributed by atoms with van der Waals surface area (Å²) in [7, 11) is 0. The Morgan fingerprint density at radius 2 is 1.55 bits per heavy atom. The molecule has 3 rings (SSSR count). The van der Waals surface area contributed by atoms with Crippen LogP contribution in [0.5, 0.6) is 0 Å². The van der Waals surface area contributed by atoms with Crippen LogP contribution >= 0.6 is 11.6 Å². The molecule has 2 aromatic carbocycles. The van der Waals surface area contributed by atoms with Crippen molar-refractivity contribution in [2.45, 2.75) is 12.6 Å². The van der Waals surface area contributed by atoms with Crippen LogP contribution in [-0.4, -0.2) is 11.1 Å². The highest BCUT2D eigenvalue weighted by molar-refractivity contribution is 6.65. The molecule has 1 atom stereocenters. The van der Waals surface area contributed by atoms with Crippen molar-refractivity contribution in [2.24, 2.45) is 9.98 Å². The molecule has 0 radical (unpaired) electrons. The number of hydrogen-bond donors (Lipinski definition) is 1. The first kappa shape index (κ1) is 12.9. The van der Waals surface area contributed by atoms with Crippen molar-refractivity contribution in [3.05, 3.63) is 71.8 Å². The van der Waals surface area contributed by atoms with Crippen LogP contribution in [-0.2, 0) is 5.66 Å². The van der Waals surface area contributed by atoms with Crippen molar-refractivity contribution in [3.8, 4) is 0 Å². The van der Waals surface area contributed by atoms with Gasteiger partial charge in [0.2, 0.25) is 0 Å². The normalized spacial score (nSPS) is 21.7. The molecule has 1 heterocycles. The summed E-state index contributed by atoms with van der Waals surface area (Å²) in [5.41, 5.74) is 1.39. The molecule has 0 bridgehead atoms. The molecule has 1 N–H and O–H groups in total. The van der Waals surface area contributed by atoms with Gasteiger partial charge in [0, 0.05) is 5.56 Å². The number of benzene rings is 2.